The number of hydrogen-bond acceptors (Lipinski definition) is 3. The Hall–Kier alpha value is -3.36. The summed E-state index contributed by atoms with van der Waals surface area (Å²) in [5.41, 5.74) is 2.81. The summed E-state index contributed by atoms with van der Waals surface area (Å²) < 4.78 is 55.8. The van der Waals surface area contributed by atoms with Crippen LogP contribution in [0.2, 0.25) is 0 Å². The largest absolute Gasteiger partial charge is 0.410 e. The summed E-state index contributed by atoms with van der Waals surface area (Å²) >= 11 is 0. The van der Waals surface area contributed by atoms with E-state index in [1.54, 1.807) is 4.90 Å². The highest BCUT2D eigenvalue weighted by Crippen LogP contribution is 2.44. The molecular weight excluding hydrogens is 424 g/mol. The van der Waals surface area contributed by atoms with E-state index in [2.05, 4.69) is 10.4 Å². The fourth-order valence-corrected chi connectivity index (χ4v) is 4.47. The minimum atomic E-state index is -4.55. The normalized spacial score (nSPS) is 20.3. The maximum atomic E-state index is 13.9. The lowest BCUT2D eigenvalue weighted by molar-refractivity contribution is -0.173. The fraction of sp³-hybridized carbons (Fsp3) is 0.304. The number of carbonyl (C=O) groups is 1. The minimum Gasteiger partial charge on any atom is -0.363 e. The Kier molecular flexibility index (Phi) is 4.91. The first-order valence-electron chi connectivity index (χ1n) is 10.3. The van der Waals surface area contributed by atoms with E-state index in [1.807, 2.05) is 24.3 Å². The molecule has 3 aromatic rings. The molecule has 2 aromatic carbocycles. The van der Waals surface area contributed by atoms with E-state index in [0.29, 0.717) is 25.1 Å². The standard InChI is InChI=1S/C23H20F4N4O/c24-17-7-5-15(6-8-17)19-11-20(23(25,26)27)31-21(29-19)18(12-28-31)22(32)30-10-9-14-3-1-2-4-16(14)13-30/h1-8,12,19-20,29H,9-11,13H2/t19-,20+/m0/s1. The number of nitrogens with one attached hydrogen (secondary N) is 1. The van der Waals surface area contributed by atoms with Gasteiger partial charge in [0.25, 0.3) is 5.91 Å². The van der Waals surface area contributed by atoms with Gasteiger partial charge in [-0.05, 0) is 35.2 Å². The molecule has 0 spiro atoms. The highest BCUT2D eigenvalue weighted by atomic mass is 19.4. The van der Waals surface area contributed by atoms with Gasteiger partial charge in [-0.15, -0.1) is 0 Å². The highest BCUT2D eigenvalue weighted by Gasteiger charge is 2.47. The van der Waals surface area contributed by atoms with Crippen molar-refractivity contribution in [3.63, 3.8) is 0 Å². The molecule has 3 heterocycles. The molecule has 0 radical (unpaired) electrons. The second kappa shape index (κ2) is 7.65. The lowest BCUT2D eigenvalue weighted by Crippen LogP contribution is -2.38. The number of carbonyl (C=O) groups excluding carboxylic acids is 1. The van der Waals surface area contributed by atoms with Gasteiger partial charge in [0.05, 0.1) is 12.2 Å². The Morgan fingerprint density at radius 2 is 1.78 bits per heavy atom. The quantitative estimate of drug-likeness (QED) is 0.573. The maximum Gasteiger partial charge on any atom is 0.410 e. The van der Waals surface area contributed by atoms with Crippen LogP contribution in [0.25, 0.3) is 0 Å². The fourth-order valence-electron chi connectivity index (χ4n) is 4.47. The predicted molar refractivity (Wildman–Crippen MR) is 110 cm³/mol. The summed E-state index contributed by atoms with van der Waals surface area (Å²) in [6, 6.07) is 10.5. The van der Waals surface area contributed by atoms with Crippen LogP contribution in [0.3, 0.4) is 0 Å². The van der Waals surface area contributed by atoms with Gasteiger partial charge in [-0.2, -0.15) is 18.3 Å². The van der Waals surface area contributed by atoms with Crippen LogP contribution in [0.5, 0.6) is 0 Å². The Labute approximate surface area is 181 Å². The summed E-state index contributed by atoms with van der Waals surface area (Å²) in [6.45, 7) is 0.869. The Morgan fingerprint density at radius 1 is 1.06 bits per heavy atom. The van der Waals surface area contributed by atoms with Gasteiger partial charge in [0, 0.05) is 19.5 Å². The van der Waals surface area contributed by atoms with Gasteiger partial charge in [-0.1, -0.05) is 36.4 Å². The zero-order valence-electron chi connectivity index (χ0n) is 16.9. The van der Waals surface area contributed by atoms with Crippen LogP contribution in [0.1, 0.15) is 45.6 Å². The van der Waals surface area contributed by atoms with Crippen LogP contribution < -0.4 is 5.32 Å². The third kappa shape index (κ3) is 3.61. The highest BCUT2D eigenvalue weighted by molar-refractivity contribution is 5.99. The van der Waals surface area contributed by atoms with Gasteiger partial charge in [-0.25, -0.2) is 9.07 Å². The molecule has 0 saturated carbocycles. The molecule has 1 N–H and O–H groups in total. The molecule has 1 aromatic heterocycles. The lowest BCUT2D eigenvalue weighted by Gasteiger charge is -2.34. The molecule has 9 heteroatoms. The summed E-state index contributed by atoms with van der Waals surface area (Å²) in [4.78, 5) is 14.9. The van der Waals surface area contributed by atoms with Gasteiger partial charge < -0.3 is 10.2 Å². The number of amides is 1. The molecule has 1 amide bonds. The van der Waals surface area contributed by atoms with Crippen molar-refractivity contribution in [2.24, 2.45) is 0 Å². The van der Waals surface area contributed by atoms with Crippen molar-refractivity contribution in [3.8, 4) is 0 Å². The predicted octanol–water partition coefficient (Wildman–Crippen LogP) is 4.88. The molecule has 0 fully saturated rings. The molecule has 166 valence electrons. The summed E-state index contributed by atoms with van der Waals surface area (Å²) in [5, 5.41) is 6.99. The van der Waals surface area contributed by atoms with Crippen LogP contribution in [0, 0.1) is 5.82 Å². The number of aromatic nitrogens is 2. The Bertz CT molecular complexity index is 1160. The van der Waals surface area contributed by atoms with Gasteiger partial charge in [0.15, 0.2) is 6.04 Å². The smallest absolute Gasteiger partial charge is 0.363 e. The average Bonchev–Trinajstić information content (AvgIpc) is 3.21. The van der Waals surface area contributed by atoms with Crippen LogP contribution in [-0.2, 0) is 13.0 Å². The van der Waals surface area contributed by atoms with Gasteiger partial charge >= 0.3 is 6.18 Å². The molecule has 0 saturated heterocycles. The zero-order valence-corrected chi connectivity index (χ0v) is 16.9. The zero-order chi connectivity index (χ0) is 22.5. The van der Waals surface area contributed by atoms with E-state index < -0.39 is 24.1 Å². The SMILES string of the molecule is O=C(c1cnn2c1N[C@H](c1ccc(F)cc1)C[C@@H]2C(F)(F)F)N1CCc2ccccc2C1. The van der Waals surface area contributed by atoms with E-state index in [0.717, 1.165) is 10.2 Å². The van der Waals surface area contributed by atoms with E-state index in [1.165, 1.54) is 36.0 Å². The number of rotatable bonds is 2. The first kappa shape index (κ1) is 20.5. The number of hydrogen-bond donors (Lipinski definition) is 1. The summed E-state index contributed by atoms with van der Waals surface area (Å²) in [6.07, 6.45) is -2.97. The van der Waals surface area contributed by atoms with E-state index >= 15 is 0 Å². The van der Waals surface area contributed by atoms with Crippen molar-refractivity contribution in [3.05, 3.63) is 82.8 Å². The van der Waals surface area contributed by atoms with E-state index in [4.69, 9.17) is 0 Å². The second-order valence-corrected chi connectivity index (χ2v) is 8.14. The third-order valence-corrected chi connectivity index (χ3v) is 6.16. The van der Waals surface area contributed by atoms with Crippen molar-refractivity contribution in [2.75, 3.05) is 11.9 Å². The number of benzene rings is 2. The van der Waals surface area contributed by atoms with Crippen molar-refractivity contribution in [1.82, 2.24) is 14.7 Å². The van der Waals surface area contributed by atoms with Crippen LogP contribution in [-0.4, -0.2) is 33.3 Å². The Morgan fingerprint density at radius 3 is 2.50 bits per heavy atom. The monoisotopic (exact) mass is 444 g/mol. The first-order chi connectivity index (χ1) is 15.3. The minimum absolute atomic E-state index is 0.0387. The van der Waals surface area contributed by atoms with Crippen LogP contribution in [0.15, 0.2) is 54.7 Å². The molecule has 0 unspecified atom stereocenters. The van der Waals surface area contributed by atoms with Crippen molar-refractivity contribution >= 4 is 11.7 Å². The van der Waals surface area contributed by atoms with Crippen LogP contribution in [0.4, 0.5) is 23.4 Å². The number of anilines is 1. The summed E-state index contributed by atoms with van der Waals surface area (Å²) in [5.74, 6) is -0.797. The molecule has 2 aliphatic rings. The van der Waals surface area contributed by atoms with Gasteiger partial charge in [-0.3, -0.25) is 4.79 Å². The number of alkyl halides is 3. The Balaban J connectivity index is 1.48. The number of halogens is 4. The van der Waals surface area contributed by atoms with Gasteiger partial charge in [0.2, 0.25) is 0 Å². The molecule has 5 nitrogen and oxygen atoms in total. The van der Waals surface area contributed by atoms with Crippen molar-refractivity contribution in [1.29, 1.82) is 0 Å². The molecule has 0 aliphatic carbocycles. The van der Waals surface area contributed by atoms with Crippen LogP contribution >= 0.6 is 0 Å². The lowest BCUT2D eigenvalue weighted by atomic mass is 9.96. The molecule has 2 aliphatic heterocycles. The molecule has 2 atom stereocenters. The first-order valence-corrected chi connectivity index (χ1v) is 10.3. The molecule has 0 bridgehead atoms. The number of fused-ring (bicyclic) bond motifs is 2. The topological polar surface area (TPSA) is 50.2 Å². The van der Waals surface area contributed by atoms with Crippen molar-refractivity contribution < 1.29 is 22.4 Å². The molecule has 5 rings (SSSR count). The molecular formula is C23H20F4N4O. The number of nitrogens with zero attached hydrogens (tertiary/aromatic N) is 3. The van der Waals surface area contributed by atoms with E-state index in [9.17, 15) is 22.4 Å². The second-order valence-electron chi connectivity index (χ2n) is 8.14. The van der Waals surface area contributed by atoms with Crippen molar-refractivity contribution in [2.45, 2.75) is 37.6 Å². The van der Waals surface area contributed by atoms with Gasteiger partial charge in [0.1, 0.15) is 17.2 Å². The average molecular weight is 444 g/mol. The molecule has 32 heavy (non-hydrogen) atoms. The summed E-state index contributed by atoms with van der Waals surface area (Å²) in [7, 11) is 0. The third-order valence-electron chi connectivity index (χ3n) is 6.16. The maximum absolute atomic E-state index is 13.9. The van der Waals surface area contributed by atoms with E-state index in [-0.39, 0.29) is 23.7 Å².